The standard InChI is InChI=1S/C11H18N2O3S/c1-4-15-6-8(3)13-10-9(12-7-17-10)11(14)16-5-2/h7-8,13H,4-6H2,1-3H3. The zero-order valence-corrected chi connectivity index (χ0v) is 11.2. The smallest absolute Gasteiger partial charge is 0.360 e. The fraction of sp³-hybridized carbons (Fsp3) is 0.636. The quantitative estimate of drug-likeness (QED) is 0.759. The second kappa shape index (κ2) is 7.24. The maximum Gasteiger partial charge on any atom is 0.360 e. The van der Waals surface area contributed by atoms with Crippen molar-refractivity contribution in [1.82, 2.24) is 4.98 Å². The van der Waals surface area contributed by atoms with E-state index in [2.05, 4.69) is 10.3 Å². The van der Waals surface area contributed by atoms with Crippen LogP contribution in [0.2, 0.25) is 0 Å². The Labute approximate surface area is 105 Å². The summed E-state index contributed by atoms with van der Waals surface area (Å²) in [6.07, 6.45) is 0. The Kier molecular flexibility index (Phi) is 5.93. The van der Waals surface area contributed by atoms with Gasteiger partial charge in [-0.15, -0.1) is 11.3 Å². The van der Waals surface area contributed by atoms with Crippen molar-refractivity contribution in [1.29, 1.82) is 0 Å². The molecular formula is C11H18N2O3S. The van der Waals surface area contributed by atoms with E-state index in [0.29, 0.717) is 25.5 Å². The van der Waals surface area contributed by atoms with Gasteiger partial charge >= 0.3 is 5.97 Å². The highest BCUT2D eigenvalue weighted by atomic mass is 32.1. The van der Waals surface area contributed by atoms with Gasteiger partial charge in [-0.05, 0) is 20.8 Å². The van der Waals surface area contributed by atoms with Gasteiger partial charge in [-0.25, -0.2) is 9.78 Å². The summed E-state index contributed by atoms with van der Waals surface area (Å²) in [5.74, 6) is -0.389. The summed E-state index contributed by atoms with van der Waals surface area (Å²) >= 11 is 1.39. The largest absolute Gasteiger partial charge is 0.461 e. The first-order valence-corrected chi connectivity index (χ1v) is 6.51. The first-order chi connectivity index (χ1) is 8.19. The molecule has 0 aliphatic rings. The monoisotopic (exact) mass is 258 g/mol. The predicted molar refractivity (Wildman–Crippen MR) is 67.6 cm³/mol. The van der Waals surface area contributed by atoms with Crippen LogP contribution in [0.25, 0.3) is 0 Å². The Bertz CT molecular complexity index is 354. The minimum Gasteiger partial charge on any atom is -0.461 e. The van der Waals surface area contributed by atoms with Crippen LogP contribution in [0.15, 0.2) is 5.51 Å². The van der Waals surface area contributed by atoms with E-state index in [-0.39, 0.29) is 12.0 Å². The molecule has 0 amide bonds. The zero-order valence-electron chi connectivity index (χ0n) is 10.4. The fourth-order valence-electron chi connectivity index (χ4n) is 1.25. The molecule has 1 N–H and O–H groups in total. The number of carbonyl (C=O) groups excluding carboxylic acids is 1. The number of rotatable bonds is 7. The second-order valence-corrected chi connectivity index (χ2v) is 4.31. The lowest BCUT2D eigenvalue weighted by atomic mass is 10.3. The highest BCUT2D eigenvalue weighted by Gasteiger charge is 2.17. The van der Waals surface area contributed by atoms with Gasteiger partial charge in [0.1, 0.15) is 5.00 Å². The van der Waals surface area contributed by atoms with Crippen molar-refractivity contribution in [3.05, 3.63) is 11.2 Å². The summed E-state index contributed by atoms with van der Waals surface area (Å²) in [4.78, 5) is 15.6. The van der Waals surface area contributed by atoms with Crippen molar-refractivity contribution < 1.29 is 14.3 Å². The van der Waals surface area contributed by atoms with Crippen molar-refractivity contribution in [3.63, 3.8) is 0 Å². The van der Waals surface area contributed by atoms with Gasteiger partial charge in [0, 0.05) is 12.6 Å². The molecule has 0 saturated carbocycles. The van der Waals surface area contributed by atoms with E-state index in [0.717, 1.165) is 5.00 Å². The van der Waals surface area contributed by atoms with E-state index in [4.69, 9.17) is 9.47 Å². The van der Waals surface area contributed by atoms with Gasteiger partial charge in [0.2, 0.25) is 0 Å². The van der Waals surface area contributed by atoms with E-state index in [1.807, 2.05) is 13.8 Å². The average Bonchev–Trinajstić information content (AvgIpc) is 2.75. The normalized spacial score (nSPS) is 12.2. The lowest BCUT2D eigenvalue weighted by molar-refractivity contribution is 0.0521. The van der Waals surface area contributed by atoms with Crippen LogP contribution in [0.4, 0.5) is 5.00 Å². The van der Waals surface area contributed by atoms with Crippen molar-refractivity contribution in [2.24, 2.45) is 0 Å². The average molecular weight is 258 g/mol. The number of esters is 1. The number of nitrogens with one attached hydrogen (secondary N) is 1. The van der Waals surface area contributed by atoms with Crippen LogP contribution in [0.3, 0.4) is 0 Å². The minimum absolute atomic E-state index is 0.128. The Balaban J connectivity index is 2.59. The van der Waals surface area contributed by atoms with Crippen LogP contribution in [-0.2, 0) is 9.47 Å². The zero-order chi connectivity index (χ0) is 12.7. The summed E-state index contributed by atoms with van der Waals surface area (Å²) in [6, 6.07) is 0.128. The molecule has 5 nitrogen and oxygen atoms in total. The number of carbonyl (C=O) groups is 1. The molecule has 0 fully saturated rings. The molecule has 1 rings (SSSR count). The molecule has 0 spiro atoms. The number of thiazole rings is 1. The number of nitrogens with zero attached hydrogens (tertiary/aromatic N) is 1. The van der Waals surface area contributed by atoms with Gasteiger partial charge in [0.05, 0.1) is 18.7 Å². The molecule has 1 aromatic heterocycles. The number of aromatic nitrogens is 1. The molecule has 6 heteroatoms. The van der Waals surface area contributed by atoms with Crippen molar-refractivity contribution in [2.45, 2.75) is 26.8 Å². The van der Waals surface area contributed by atoms with Gasteiger partial charge in [-0.1, -0.05) is 0 Å². The molecule has 96 valence electrons. The van der Waals surface area contributed by atoms with Gasteiger partial charge in [0.15, 0.2) is 5.69 Å². The Hall–Kier alpha value is -1.14. The summed E-state index contributed by atoms with van der Waals surface area (Å²) < 4.78 is 10.2. The van der Waals surface area contributed by atoms with Crippen LogP contribution in [0.5, 0.6) is 0 Å². The van der Waals surface area contributed by atoms with E-state index in [1.165, 1.54) is 11.3 Å². The molecule has 0 aromatic carbocycles. The van der Waals surface area contributed by atoms with Crippen LogP contribution in [0.1, 0.15) is 31.3 Å². The lowest BCUT2D eigenvalue weighted by Crippen LogP contribution is -2.22. The first kappa shape index (κ1) is 13.9. The molecule has 0 radical (unpaired) electrons. The molecule has 0 aliphatic heterocycles. The Morgan fingerprint density at radius 2 is 2.29 bits per heavy atom. The molecule has 1 atom stereocenters. The molecular weight excluding hydrogens is 240 g/mol. The molecule has 0 bridgehead atoms. The highest BCUT2D eigenvalue weighted by Crippen LogP contribution is 2.21. The van der Waals surface area contributed by atoms with E-state index in [9.17, 15) is 4.79 Å². The topological polar surface area (TPSA) is 60.5 Å². The van der Waals surface area contributed by atoms with Crippen LogP contribution >= 0.6 is 11.3 Å². The maximum absolute atomic E-state index is 11.6. The maximum atomic E-state index is 11.6. The van der Waals surface area contributed by atoms with E-state index >= 15 is 0 Å². The molecule has 1 heterocycles. The third kappa shape index (κ3) is 4.32. The van der Waals surface area contributed by atoms with Gasteiger partial charge < -0.3 is 14.8 Å². The fourth-order valence-corrected chi connectivity index (χ4v) is 2.03. The molecule has 1 unspecified atom stereocenters. The van der Waals surface area contributed by atoms with Crippen molar-refractivity contribution in [3.8, 4) is 0 Å². The van der Waals surface area contributed by atoms with Crippen molar-refractivity contribution in [2.75, 3.05) is 25.1 Å². The van der Waals surface area contributed by atoms with Gasteiger partial charge in [0.25, 0.3) is 0 Å². The number of hydrogen-bond donors (Lipinski definition) is 1. The number of anilines is 1. The molecule has 0 aliphatic carbocycles. The number of hydrogen-bond acceptors (Lipinski definition) is 6. The molecule has 1 aromatic rings. The Morgan fingerprint density at radius 3 is 2.94 bits per heavy atom. The third-order valence-electron chi connectivity index (χ3n) is 1.99. The SMILES string of the molecule is CCOCC(C)Nc1scnc1C(=O)OCC. The van der Waals surface area contributed by atoms with Gasteiger partial charge in [-0.2, -0.15) is 0 Å². The number of ether oxygens (including phenoxy) is 2. The summed E-state index contributed by atoms with van der Waals surface area (Å²) in [7, 11) is 0. The van der Waals surface area contributed by atoms with Gasteiger partial charge in [-0.3, -0.25) is 0 Å². The molecule has 17 heavy (non-hydrogen) atoms. The van der Waals surface area contributed by atoms with E-state index in [1.54, 1.807) is 12.4 Å². The first-order valence-electron chi connectivity index (χ1n) is 5.63. The predicted octanol–water partition coefficient (Wildman–Crippen LogP) is 2.16. The van der Waals surface area contributed by atoms with Crippen LogP contribution in [0, 0.1) is 0 Å². The van der Waals surface area contributed by atoms with Crippen molar-refractivity contribution >= 4 is 22.3 Å². The Morgan fingerprint density at radius 1 is 1.53 bits per heavy atom. The second-order valence-electron chi connectivity index (χ2n) is 3.46. The summed E-state index contributed by atoms with van der Waals surface area (Å²) in [6.45, 7) is 7.34. The van der Waals surface area contributed by atoms with Crippen LogP contribution in [-0.4, -0.2) is 36.8 Å². The molecule has 0 saturated heterocycles. The summed E-state index contributed by atoms with van der Waals surface area (Å²) in [5, 5.41) is 3.93. The summed E-state index contributed by atoms with van der Waals surface area (Å²) in [5.41, 5.74) is 1.97. The van der Waals surface area contributed by atoms with Crippen LogP contribution < -0.4 is 5.32 Å². The lowest BCUT2D eigenvalue weighted by Gasteiger charge is -2.13. The van der Waals surface area contributed by atoms with E-state index < -0.39 is 0 Å². The highest BCUT2D eigenvalue weighted by molar-refractivity contribution is 7.14. The third-order valence-corrected chi connectivity index (χ3v) is 2.74. The minimum atomic E-state index is -0.389.